The van der Waals surface area contributed by atoms with Gasteiger partial charge >= 0.3 is 5.97 Å². The van der Waals surface area contributed by atoms with Crippen LogP contribution in [0.25, 0.3) is 15.9 Å². The van der Waals surface area contributed by atoms with Crippen LogP contribution >= 0.6 is 0 Å². The van der Waals surface area contributed by atoms with E-state index >= 15 is 0 Å². The Morgan fingerprint density at radius 2 is 1.95 bits per heavy atom. The highest BCUT2D eigenvalue weighted by Crippen LogP contribution is 2.34. The van der Waals surface area contributed by atoms with Crippen LogP contribution in [0.15, 0.2) is 54.6 Å². The van der Waals surface area contributed by atoms with Crippen LogP contribution in [0.1, 0.15) is 58.7 Å². The maximum Gasteiger partial charge on any atom is 0.337 e. The fourth-order valence-electron chi connectivity index (χ4n) is 5.91. The van der Waals surface area contributed by atoms with Crippen molar-refractivity contribution in [3.05, 3.63) is 94.5 Å². The van der Waals surface area contributed by atoms with E-state index < -0.39 is 24.5 Å². The Hall–Kier alpha value is -4.40. The summed E-state index contributed by atoms with van der Waals surface area (Å²) in [4.78, 5) is 27.1. The van der Waals surface area contributed by atoms with E-state index in [9.17, 15) is 13.6 Å². The second-order valence-electron chi connectivity index (χ2n) is 11.1. The number of benzene rings is 2. The van der Waals surface area contributed by atoms with Gasteiger partial charge in [-0.3, -0.25) is 4.90 Å². The number of piperidine rings is 1. The summed E-state index contributed by atoms with van der Waals surface area (Å²) in [5.41, 5.74) is 3.35. The molecule has 0 spiro atoms. The third kappa shape index (κ3) is 6.14. The van der Waals surface area contributed by atoms with Crippen LogP contribution in [0, 0.1) is 12.4 Å². The lowest BCUT2D eigenvalue weighted by Crippen LogP contribution is -2.39. The Kier molecular flexibility index (Phi) is 8.82. The van der Waals surface area contributed by atoms with E-state index in [0.717, 1.165) is 30.5 Å². The fourth-order valence-corrected chi connectivity index (χ4v) is 5.91. The number of fused-ring (bicyclic) bond motifs is 1. The minimum absolute atomic E-state index is 0.00517. The van der Waals surface area contributed by atoms with E-state index in [2.05, 4.69) is 9.74 Å². The maximum absolute atomic E-state index is 14.8. The summed E-state index contributed by atoms with van der Waals surface area (Å²) in [5, 5.41) is 0. The molecule has 2 fully saturated rings. The van der Waals surface area contributed by atoms with Gasteiger partial charge in [0.2, 0.25) is 5.88 Å². The van der Waals surface area contributed by atoms with Crippen molar-refractivity contribution < 1.29 is 27.8 Å². The zero-order valence-electron chi connectivity index (χ0n) is 24.4. The van der Waals surface area contributed by atoms with Gasteiger partial charge in [0.1, 0.15) is 24.9 Å². The van der Waals surface area contributed by atoms with E-state index in [-0.39, 0.29) is 24.3 Å². The first kappa shape index (κ1) is 29.7. The zero-order valence-corrected chi connectivity index (χ0v) is 24.4. The zero-order chi connectivity index (χ0) is 30.6. The number of aromatic nitrogens is 3. The molecule has 2 atom stereocenters. The van der Waals surface area contributed by atoms with Crippen molar-refractivity contribution in [2.45, 2.75) is 50.5 Å². The number of carbonyl (C=O) groups is 1. The summed E-state index contributed by atoms with van der Waals surface area (Å²) in [6.45, 7) is 8.98. The summed E-state index contributed by atoms with van der Waals surface area (Å²) < 4.78 is 47.5. The normalized spacial score (nSPS) is 18.0. The number of hydrogen-bond donors (Lipinski definition) is 0. The smallest absolute Gasteiger partial charge is 0.337 e. The third-order valence-corrected chi connectivity index (χ3v) is 8.50. The summed E-state index contributed by atoms with van der Waals surface area (Å²) in [7, 11) is 1.35. The molecule has 1 unspecified atom stereocenters. The summed E-state index contributed by atoms with van der Waals surface area (Å²) in [5.74, 6) is 0.273. The molecular formula is C33H33F2N5O4. The van der Waals surface area contributed by atoms with Gasteiger partial charge in [-0.25, -0.2) is 28.4 Å². The molecule has 4 aromatic rings. The summed E-state index contributed by atoms with van der Waals surface area (Å²) in [6, 6.07) is 14.6. The molecule has 0 radical (unpaired) electrons. The fraction of sp³-hybridized carbons (Fsp3) is 0.394. The minimum atomic E-state index is -0.599. The number of rotatable bonds is 10. The van der Waals surface area contributed by atoms with Gasteiger partial charge in [0, 0.05) is 29.8 Å². The molecule has 2 aliphatic heterocycles. The first-order valence-corrected chi connectivity index (χ1v) is 14.7. The van der Waals surface area contributed by atoms with Crippen LogP contribution in [0.4, 0.5) is 14.5 Å². The van der Waals surface area contributed by atoms with E-state index in [1.807, 2.05) is 16.7 Å². The third-order valence-electron chi connectivity index (χ3n) is 8.50. The molecule has 44 heavy (non-hydrogen) atoms. The highest BCUT2D eigenvalue weighted by molar-refractivity contribution is 5.93. The molecule has 6 rings (SSSR count). The first-order valence-electron chi connectivity index (χ1n) is 14.7. The number of likely N-dealkylation sites (tertiary alicyclic amines) is 1. The van der Waals surface area contributed by atoms with E-state index in [1.165, 1.54) is 13.2 Å². The maximum atomic E-state index is 14.8. The van der Waals surface area contributed by atoms with Crippen LogP contribution in [-0.2, 0) is 22.6 Å². The summed E-state index contributed by atoms with van der Waals surface area (Å²) in [6.07, 6.45) is 2.49. The lowest BCUT2D eigenvalue weighted by atomic mass is 9.92. The van der Waals surface area contributed by atoms with E-state index in [4.69, 9.17) is 30.8 Å². The average molecular weight is 602 g/mol. The lowest BCUT2D eigenvalue weighted by molar-refractivity contribution is -0.0595. The van der Waals surface area contributed by atoms with Gasteiger partial charge in [0.15, 0.2) is 5.69 Å². The Balaban J connectivity index is 1.16. The molecule has 0 amide bonds. The molecule has 0 bridgehead atoms. The van der Waals surface area contributed by atoms with Crippen LogP contribution in [0.5, 0.6) is 5.88 Å². The van der Waals surface area contributed by atoms with Crippen LogP contribution < -0.4 is 4.74 Å². The monoisotopic (exact) mass is 601 g/mol. The molecular weight excluding hydrogens is 568 g/mol. The van der Waals surface area contributed by atoms with Gasteiger partial charge in [-0.2, -0.15) is 0 Å². The Bertz CT molecular complexity index is 1690. The molecule has 0 aliphatic carbocycles. The standard InChI is InChI=1S/C33H33F2N5O4/c1-36-24-8-6-23(26(35)17-24)20-44-31-5-3-4-27(37-31)21-10-13-39(14-11-21)30(18-34)32-38-28-9-7-22(33(41)42-2)16-29(28)40(32)19-25-12-15-43-25/h3-9,16-17,21,25,30H,10-15,18-20H2,2H3/t25-,30?/m0/s1. The summed E-state index contributed by atoms with van der Waals surface area (Å²) >= 11 is 0. The molecule has 228 valence electrons. The van der Waals surface area contributed by atoms with Crippen molar-refractivity contribution >= 4 is 22.7 Å². The number of methoxy groups -OCH3 is 1. The predicted octanol–water partition coefficient (Wildman–Crippen LogP) is 6.17. The molecule has 0 N–H and O–H groups in total. The second kappa shape index (κ2) is 13.1. The van der Waals surface area contributed by atoms with Gasteiger partial charge in [0.25, 0.3) is 0 Å². The van der Waals surface area contributed by atoms with Crippen molar-refractivity contribution in [3.8, 4) is 5.88 Å². The molecule has 2 aliphatic rings. The number of esters is 1. The molecule has 2 aromatic heterocycles. The van der Waals surface area contributed by atoms with Gasteiger partial charge in [-0.15, -0.1) is 0 Å². The topological polar surface area (TPSA) is 83.1 Å². The molecule has 11 heteroatoms. The highest BCUT2D eigenvalue weighted by atomic mass is 19.1. The average Bonchev–Trinajstić information content (AvgIpc) is 3.39. The van der Waals surface area contributed by atoms with Crippen molar-refractivity contribution in [1.29, 1.82) is 0 Å². The number of pyridine rings is 1. The number of halogens is 2. The van der Waals surface area contributed by atoms with Crippen molar-refractivity contribution in [3.63, 3.8) is 0 Å². The quantitative estimate of drug-likeness (QED) is 0.159. The number of hydrogen-bond acceptors (Lipinski definition) is 7. The Labute approximate surface area is 254 Å². The van der Waals surface area contributed by atoms with Gasteiger partial charge < -0.3 is 18.8 Å². The predicted molar refractivity (Wildman–Crippen MR) is 159 cm³/mol. The van der Waals surface area contributed by atoms with Crippen molar-refractivity contribution in [2.24, 2.45) is 0 Å². The Morgan fingerprint density at radius 3 is 2.64 bits per heavy atom. The molecule has 9 nitrogen and oxygen atoms in total. The van der Waals surface area contributed by atoms with Crippen LogP contribution in [-0.4, -0.2) is 65.0 Å². The Morgan fingerprint density at radius 1 is 1.14 bits per heavy atom. The number of imidazole rings is 1. The number of nitrogens with zero attached hydrogens (tertiary/aromatic N) is 5. The van der Waals surface area contributed by atoms with Gasteiger partial charge in [-0.05, 0) is 62.7 Å². The van der Waals surface area contributed by atoms with Gasteiger partial charge in [-0.1, -0.05) is 18.2 Å². The van der Waals surface area contributed by atoms with Crippen molar-refractivity contribution in [1.82, 2.24) is 19.4 Å². The first-order chi connectivity index (χ1) is 21.5. The number of ether oxygens (including phenoxy) is 3. The highest BCUT2D eigenvalue weighted by Gasteiger charge is 2.32. The molecule has 0 saturated carbocycles. The van der Waals surface area contributed by atoms with Crippen molar-refractivity contribution in [2.75, 3.05) is 33.5 Å². The lowest BCUT2D eigenvalue weighted by Gasteiger charge is -2.36. The number of carbonyl (C=O) groups excluding carboxylic acids is 1. The van der Waals surface area contributed by atoms with E-state index in [1.54, 1.807) is 36.4 Å². The number of alkyl halides is 1. The SMILES string of the molecule is [C-]#[N+]c1ccc(COc2cccc(C3CCN(C(CF)c4nc5ccc(C(=O)OC)cc5n4C[C@@H]4CCO4)CC3)n2)c(F)c1. The molecule has 4 heterocycles. The molecule has 2 aromatic carbocycles. The molecule has 2 saturated heterocycles. The van der Waals surface area contributed by atoms with Crippen LogP contribution in [0.2, 0.25) is 0 Å². The van der Waals surface area contributed by atoms with Gasteiger partial charge in [0.05, 0.1) is 49.0 Å². The van der Waals surface area contributed by atoms with E-state index in [0.29, 0.717) is 54.6 Å². The second-order valence-corrected chi connectivity index (χ2v) is 11.1. The minimum Gasteiger partial charge on any atom is -0.473 e. The van der Waals surface area contributed by atoms with Crippen LogP contribution in [0.3, 0.4) is 0 Å². The largest absolute Gasteiger partial charge is 0.473 e.